The second kappa shape index (κ2) is 8.09. The molecule has 0 saturated carbocycles. The van der Waals surface area contributed by atoms with Gasteiger partial charge >= 0.3 is 11.9 Å². The largest absolute Gasteiger partial charge is 0.481 e. The molecule has 0 bridgehead atoms. The third-order valence-corrected chi connectivity index (χ3v) is 4.30. The molecular formula is C15H22N2O7. The fourth-order valence-corrected chi connectivity index (χ4v) is 2.90. The number of rotatable bonds is 8. The van der Waals surface area contributed by atoms with Crippen LogP contribution in [0.3, 0.4) is 0 Å². The maximum atomic E-state index is 12.0. The van der Waals surface area contributed by atoms with Crippen LogP contribution in [-0.4, -0.2) is 83.2 Å². The summed E-state index contributed by atoms with van der Waals surface area (Å²) in [4.78, 5) is 49.4. The Morgan fingerprint density at radius 3 is 2.08 bits per heavy atom. The van der Waals surface area contributed by atoms with E-state index in [1.807, 2.05) is 0 Å². The molecule has 2 N–H and O–H groups in total. The fourth-order valence-electron chi connectivity index (χ4n) is 2.90. The highest BCUT2D eigenvalue weighted by atomic mass is 16.5. The number of esters is 1. The van der Waals surface area contributed by atoms with E-state index in [1.54, 1.807) is 0 Å². The third kappa shape index (κ3) is 4.44. The van der Waals surface area contributed by atoms with Gasteiger partial charge in [-0.05, 0) is 0 Å². The first-order valence-corrected chi connectivity index (χ1v) is 7.98. The fraction of sp³-hybridized carbons (Fsp3) is 0.733. The molecule has 9 nitrogen and oxygen atoms in total. The molecular weight excluding hydrogens is 320 g/mol. The summed E-state index contributed by atoms with van der Waals surface area (Å²) >= 11 is 0. The molecule has 2 amide bonds. The summed E-state index contributed by atoms with van der Waals surface area (Å²) in [5.41, 5.74) is 0. The number of carbonyl (C=O) groups excluding carboxylic acids is 3. The lowest BCUT2D eigenvalue weighted by molar-refractivity contribution is -0.148. The topological polar surface area (TPSA) is 124 Å². The lowest BCUT2D eigenvalue weighted by Crippen LogP contribution is -2.37. The lowest BCUT2D eigenvalue weighted by Gasteiger charge is -2.21. The van der Waals surface area contributed by atoms with E-state index in [-0.39, 0.29) is 64.0 Å². The number of aliphatic hydroxyl groups is 1. The average molecular weight is 342 g/mol. The molecule has 2 atom stereocenters. The number of nitrogens with zero attached hydrogens (tertiary/aromatic N) is 2. The van der Waals surface area contributed by atoms with E-state index in [2.05, 4.69) is 0 Å². The lowest BCUT2D eigenvalue weighted by atomic mass is 10.1. The number of hydrogen-bond acceptors (Lipinski definition) is 6. The van der Waals surface area contributed by atoms with Crippen molar-refractivity contribution in [3.8, 4) is 0 Å². The van der Waals surface area contributed by atoms with Gasteiger partial charge in [-0.25, -0.2) is 0 Å². The van der Waals surface area contributed by atoms with Crippen molar-refractivity contribution in [1.29, 1.82) is 0 Å². The van der Waals surface area contributed by atoms with Crippen LogP contribution in [0, 0.1) is 11.8 Å². The van der Waals surface area contributed by atoms with Crippen molar-refractivity contribution >= 4 is 23.8 Å². The molecule has 2 rings (SSSR count). The molecule has 2 unspecified atom stereocenters. The molecule has 2 saturated heterocycles. The summed E-state index contributed by atoms with van der Waals surface area (Å²) in [7, 11) is 0. The van der Waals surface area contributed by atoms with Gasteiger partial charge in [-0.1, -0.05) is 0 Å². The maximum absolute atomic E-state index is 12.0. The van der Waals surface area contributed by atoms with Crippen molar-refractivity contribution in [3.63, 3.8) is 0 Å². The third-order valence-electron chi connectivity index (χ3n) is 4.30. The molecule has 0 radical (unpaired) electrons. The minimum Gasteiger partial charge on any atom is -0.481 e. The highest BCUT2D eigenvalue weighted by Gasteiger charge is 2.37. The molecule has 0 aromatic rings. The van der Waals surface area contributed by atoms with Gasteiger partial charge in [0.2, 0.25) is 11.8 Å². The average Bonchev–Trinajstić information content (AvgIpc) is 3.08. The summed E-state index contributed by atoms with van der Waals surface area (Å²) in [6.45, 7) is 0.991. The molecule has 0 aromatic heterocycles. The van der Waals surface area contributed by atoms with Crippen LogP contribution in [-0.2, 0) is 23.9 Å². The quantitative estimate of drug-likeness (QED) is 0.415. The summed E-state index contributed by atoms with van der Waals surface area (Å²) < 4.78 is 4.99. The van der Waals surface area contributed by atoms with E-state index in [1.165, 1.54) is 9.80 Å². The number of carboxylic acids is 1. The van der Waals surface area contributed by atoms with Crippen LogP contribution >= 0.6 is 0 Å². The molecule has 9 heteroatoms. The molecule has 0 spiro atoms. The Kier molecular flexibility index (Phi) is 6.13. The van der Waals surface area contributed by atoms with Crippen molar-refractivity contribution in [1.82, 2.24) is 9.80 Å². The zero-order valence-corrected chi connectivity index (χ0v) is 13.3. The van der Waals surface area contributed by atoms with Gasteiger partial charge in [0, 0.05) is 52.0 Å². The van der Waals surface area contributed by atoms with Crippen LogP contribution in [0.4, 0.5) is 0 Å². The number of likely N-dealkylation sites (tertiary alicyclic amines) is 2. The SMILES string of the molecule is O=C(O)C1CC(=O)N(CCN2CC(C(=O)OCCCO)CC2=O)C1. The summed E-state index contributed by atoms with van der Waals surface area (Å²) in [6.07, 6.45) is 0.421. The second-order valence-corrected chi connectivity index (χ2v) is 6.06. The standard InChI is InChI=1S/C15H22N2O7/c18-4-1-5-24-15(23)11-7-13(20)17(9-11)3-2-16-8-10(14(21)22)6-12(16)19/h10-11,18H,1-9H2,(H,21,22). The number of aliphatic hydroxyl groups excluding tert-OH is 1. The van der Waals surface area contributed by atoms with Gasteiger partial charge in [0.15, 0.2) is 0 Å². The van der Waals surface area contributed by atoms with Crippen molar-refractivity contribution in [2.45, 2.75) is 19.3 Å². The van der Waals surface area contributed by atoms with Gasteiger partial charge in [0.05, 0.1) is 18.4 Å². The number of carbonyl (C=O) groups is 4. The van der Waals surface area contributed by atoms with Crippen LogP contribution in [0.15, 0.2) is 0 Å². The van der Waals surface area contributed by atoms with E-state index >= 15 is 0 Å². The first-order chi connectivity index (χ1) is 11.4. The van der Waals surface area contributed by atoms with Crippen LogP contribution in [0.2, 0.25) is 0 Å². The number of carboxylic acid groups (broad SMARTS) is 1. The van der Waals surface area contributed by atoms with Crippen molar-refractivity contribution < 1.29 is 34.1 Å². The molecule has 0 aromatic carbocycles. The van der Waals surface area contributed by atoms with Gasteiger partial charge < -0.3 is 24.7 Å². The number of amides is 2. The predicted molar refractivity (Wildman–Crippen MR) is 79.7 cm³/mol. The van der Waals surface area contributed by atoms with E-state index in [0.29, 0.717) is 6.42 Å². The normalized spacial score (nSPS) is 23.9. The summed E-state index contributed by atoms with van der Waals surface area (Å²) in [6, 6.07) is 0. The Balaban J connectivity index is 1.77. The van der Waals surface area contributed by atoms with Crippen LogP contribution in [0.1, 0.15) is 19.3 Å². The molecule has 2 fully saturated rings. The van der Waals surface area contributed by atoms with Crippen molar-refractivity contribution in [2.75, 3.05) is 39.4 Å². The molecule has 2 aliphatic rings. The molecule has 134 valence electrons. The minimum absolute atomic E-state index is 0.0108. The first kappa shape index (κ1) is 18.2. The van der Waals surface area contributed by atoms with Crippen LogP contribution < -0.4 is 0 Å². The highest BCUT2D eigenvalue weighted by molar-refractivity contribution is 5.87. The predicted octanol–water partition coefficient (Wildman–Crippen LogP) is -1.31. The minimum atomic E-state index is -0.992. The van der Waals surface area contributed by atoms with Gasteiger partial charge in [-0.2, -0.15) is 0 Å². The summed E-state index contributed by atoms with van der Waals surface area (Å²) in [5.74, 6) is -3.08. The Labute approximate surface area is 139 Å². The van der Waals surface area contributed by atoms with Crippen LogP contribution in [0.25, 0.3) is 0 Å². The smallest absolute Gasteiger partial charge is 0.311 e. The molecule has 2 heterocycles. The van der Waals surface area contributed by atoms with Crippen molar-refractivity contribution in [3.05, 3.63) is 0 Å². The van der Waals surface area contributed by atoms with Gasteiger partial charge in [-0.15, -0.1) is 0 Å². The van der Waals surface area contributed by atoms with Crippen LogP contribution in [0.5, 0.6) is 0 Å². The van der Waals surface area contributed by atoms with E-state index in [0.717, 1.165) is 0 Å². The maximum Gasteiger partial charge on any atom is 0.311 e. The number of aliphatic carboxylic acids is 1. The van der Waals surface area contributed by atoms with Gasteiger partial charge in [-0.3, -0.25) is 19.2 Å². The van der Waals surface area contributed by atoms with Gasteiger partial charge in [0.25, 0.3) is 0 Å². The van der Waals surface area contributed by atoms with Crippen molar-refractivity contribution in [2.24, 2.45) is 11.8 Å². The Hall–Kier alpha value is -2.16. The molecule has 2 aliphatic heterocycles. The number of hydrogen-bond donors (Lipinski definition) is 2. The number of ether oxygens (including phenoxy) is 1. The Morgan fingerprint density at radius 2 is 1.58 bits per heavy atom. The first-order valence-electron chi connectivity index (χ1n) is 7.98. The zero-order chi connectivity index (χ0) is 17.7. The van der Waals surface area contributed by atoms with E-state index in [9.17, 15) is 19.2 Å². The summed E-state index contributed by atoms with van der Waals surface area (Å²) in [5, 5.41) is 17.6. The van der Waals surface area contributed by atoms with E-state index < -0.39 is 23.8 Å². The highest BCUT2D eigenvalue weighted by Crippen LogP contribution is 2.21. The zero-order valence-electron chi connectivity index (χ0n) is 13.3. The Morgan fingerprint density at radius 1 is 1.04 bits per heavy atom. The van der Waals surface area contributed by atoms with Gasteiger partial charge in [0.1, 0.15) is 0 Å². The molecule has 24 heavy (non-hydrogen) atoms. The van der Waals surface area contributed by atoms with E-state index in [4.69, 9.17) is 14.9 Å². The monoisotopic (exact) mass is 342 g/mol. The Bertz CT molecular complexity index is 522. The second-order valence-electron chi connectivity index (χ2n) is 6.06. The molecule has 0 aliphatic carbocycles.